The molecule has 0 spiro atoms. The Kier molecular flexibility index (Phi) is 7.97. The standard InChI is InChI=1S/C27H24N2O5S/c1-33-15-14-29-25(30)24(35-27(29)28-22-11-3-2-4-12-22)17-20-9-5-6-13-23(20)34-18-19-8-7-10-21(16-19)26(31)32/h2-13,16-17H,14-15,18H2,1H3,(H,31,32)/p-1/b24-17-,28-27?. The molecular weight excluding hydrogens is 464 g/mol. The van der Waals surface area contributed by atoms with Crippen molar-refractivity contribution >= 4 is 40.6 Å². The minimum Gasteiger partial charge on any atom is -0.545 e. The molecule has 7 nitrogen and oxygen atoms in total. The van der Waals surface area contributed by atoms with E-state index >= 15 is 0 Å². The number of nitrogens with zero attached hydrogens (tertiary/aromatic N) is 2. The van der Waals surface area contributed by atoms with Crippen LogP contribution in [0.1, 0.15) is 21.5 Å². The third-order valence-corrected chi connectivity index (χ3v) is 6.16. The van der Waals surface area contributed by atoms with Gasteiger partial charge in [0.05, 0.1) is 29.7 Å². The minimum atomic E-state index is -1.24. The first-order valence-electron chi connectivity index (χ1n) is 10.9. The number of hydrogen-bond acceptors (Lipinski definition) is 7. The lowest BCUT2D eigenvalue weighted by molar-refractivity contribution is -0.255. The van der Waals surface area contributed by atoms with Crippen molar-refractivity contribution in [1.29, 1.82) is 0 Å². The van der Waals surface area contributed by atoms with Crippen LogP contribution in [0.15, 0.2) is 88.8 Å². The molecule has 178 valence electrons. The molecule has 3 aromatic carbocycles. The van der Waals surface area contributed by atoms with Crippen molar-refractivity contribution in [3.8, 4) is 5.75 Å². The summed E-state index contributed by atoms with van der Waals surface area (Å²) < 4.78 is 11.2. The Labute approximate surface area is 207 Å². The number of benzene rings is 3. The van der Waals surface area contributed by atoms with Crippen LogP contribution < -0.4 is 9.84 Å². The third-order valence-electron chi connectivity index (χ3n) is 5.15. The Hall–Kier alpha value is -3.88. The highest BCUT2D eigenvalue weighted by Crippen LogP contribution is 2.35. The molecule has 0 aromatic heterocycles. The zero-order chi connectivity index (χ0) is 24.6. The lowest BCUT2D eigenvalue weighted by Gasteiger charge is -2.14. The summed E-state index contributed by atoms with van der Waals surface area (Å²) in [4.78, 5) is 31.1. The fourth-order valence-electron chi connectivity index (χ4n) is 3.41. The molecule has 1 heterocycles. The molecule has 0 aliphatic carbocycles. The highest BCUT2D eigenvalue weighted by Gasteiger charge is 2.33. The Balaban J connectivity index is 1.58. The Bertz CT molecular complexity index is 1270. The molecule has 35 heavy (non-hydrogen) atoms. The van der Waals surface area contributed by atoms with Crippen molar-refractivity contribution in [3.63, 3.8) is 0 Å². The van der Waals surface area contributed by atoms with E-state index in [0.717, 1.165) is 11.3 Å². The summed E-state index contributed by atoms with van der Waals surface area (Å²) in [6.07, 6.45) is 1.78. The van der Waals surface area contributed by atoms with Crippen LogP contribution in [0.4, 0.5) is 5.69 Å². The summed E-state index contributed by atoms with van der Waals surface area (Å²) in [6.45, 7) is 0.944. The number of carboxylic acids is 1. The first-order valence-corrected chi connectivity index (χ1v) is 11.7. The number of aliphatic imine (C=N–C) groups is 1. The van der Waals surface area contributed by atoms with E-state index in [1.54, 1.807) is 36.3 Å². The average Bonchev–Trinajstić information content (AvgIpc) is 3.16. The Morgan fingerprint density at radius 2 is 1.83 bits per heavy atom. The number of thioether (sulfide) groups is 1. The van der Waals surface area contributed by atoms with Crippen LogP contribution >= 0.6 is 11.8 Å². The number of amidine groups is 1. The van der Waals surface area contributed by atoms with E-state index in [4.69, 9.17) is 9.47 Å². The molecule has 8 heteroatoms. The summed E-state index contributed by atoms with van der Waals surface area (Å²) in [5.41, 5.74) is 2.28. The second kappa shape index (κ2) is 11.5. The number of carbonyl (C=O) groups is 2. The molecule has 0 bridgehead atoms. The van der Waals surface area contributed by atoms with E-state index in [0.29, 0.717) is 34.5 Å². The monoisotopic (exact) mass is 487 g/mol. The van der Waals surface area contributed by atoms with Crippen LogP contribution in [-0.2, 0) is 16.1 Å². The maximum absolute atomic E-state index is 13.2. The molecule has 1 fully saturated rings. The van der Waals surface area contributed by atoms with Crippen molar-refractivity contribution in [2.24, 2.45) is 4.99 Å². The molecule has 0 saturated carbocycles. The lowest BCUT2D eigenvalue weighted by Crippen LogP contribution is -2.32. The summed E-state index contributed by atoms with van der Waals surface area (Å²) in [5, 5.41) is 11.7. The number of para-hydroxylation sites is 2. The van der Waals surface area contributed by atoms with Crippen LogP contribution in [0.25, 0.3) is 6.08 Å². The fourth-order valence-corrected chi connectivity index (χ4v) is 4.42. The molecular formula is C27H23N2O5S-. The van der Waals surface area contributed by atoms with Crippen LogP contribution in [0.3, 0.4) is 0 Å². The van der Waals surface area contributed by atoms with Gasteiger partial charge in [-0.15, -0.1) is 0 Å². The third kappa shape index (κ3) is 6.17. The second-order valence-electron chi connectivity index (χ2n) is 7.60. The smallest absolute Gasteiger partial charge is 0.266 e. The largest absolute Gasteiger partial charge is 0.545 e. The molecule has 0 radical (unpaired) electrons. The Morgan fingerprint density at radius 1 is 1.06 bits per heavy atom. The number of carboxylic acid groups (broad SMARTS) is 1. The fraction of sp³-hybridized carbons (Fsp3) is 0.148. The van der Waals surface area contributed by atoms with E-state index < -0.39 is 5.97 Å². The van der Waals surface area contributed by atoms with Gasteiger partial charge in [0.15, 0.2) is 5.17 Å². The number of hydrogen-bond donors (Lipinski definition) is 0. The summed E-state index contributed by atoms with van der Waals surface area (Å²) >= 11 is 1.30. The number of ether oxygens (including phenoxy) is 2. The molecule has 3 aromatic rings. The first-order chi connectivity index (χ1) is 17.0. The van der Waals surface area contributed by atoms with E-state index in [2.05, 4.69) is 4.99 Å². The van der Waals surface area contributed by atoms with Gasteiger partial charge >= 0.3 is 0 Å². The van der Waals surface area contributed by atoms with Gasteiger partial charge in [-0.2, -0.15) is 0 Å². The van der Waals surface area contributed by atoms with E-state index in [-0.39, 0.29) is 18.1 Å². The van der Waals surface area contributed by atoms with Crippen molar-refractivity contribution in [2.45, 2.75) is 6.61 Å². The van der Waals surface area contributed by atoms with Gasteiger partial charge in [0.25, 0.3) is 5.91 Å². The zero-order valence-corrected chi connectivity index (χ0v) is 19.9. The van der Waals surface area contributed by atoms with Crippen LogP contribution in [0.5, 0.6) is 5.75 Å². The van der Waals surface area contributed by atoms with Gasteiger partial charge < -0.3 is 19.4 Å². The van der Waals surface area contributed by atoms with Crippen LogP contribution in [0.2, 0.25) is 0 Å². The Morgan fingerprint density at radius 3 is 2.60 bits per heavy atom. The normalized spacial score (nSPS) is 15.7. The number of carbonyl (C=O) groups excluding carboxylic acids is 2. The van der Waals surface area contributed by atoms with E-state index in [1.165, 1.54) is 23.9 Å². The first kappa shape index (κ1) is 24.3. The maximum atomic E-state index is 13.2. The zero-order valence-electron chi connectivity index (χ0n) is 19.0. The predicted molar refractivity (Wildman–Crippen MR) is 134 cm³/mol. The highest BCUT2D eigenvalue weighted by molar-refractivity contribution is 8.18. The van der Waals surface area contributed by atoms with Gasteiger partial charge in [-0.25, -0.2) is 4.99 Å². The van der Waals surface area contributed by atoms with Gasteiger partial charge in [0.1, 0.15) is 12.4 Å². The van der Waals surface area contributed by atoms with Crippen molar-refractivity contribution < 1.29 is 24.2 Å². The van der Waals surface area contributed by atoms with Gasteiger partial charge in [0.2, 0.25) is 0 Å². The van der Waals surface area contributed by atoms with Gasteiger partial charge in [-0.3, -0.25) is 9.69 Å². The lowest BCUT2D eigenvalue weighted by atomic mass is 10.1. The van der Waals surface area contributed by atoms with Gasteiger partial charge in [-0.05, 0) is 53.2 Å². The SMILES string of the molecule is COCCN1C(=O)/C(=C/c2ccccc2OCc2cccc(C(=O)[O-])c2)SC1=Nc1ccccc1. The molecule has 1 saturated heterocycles. The molecule has 0 atom stereocenters. The van der Waals surface area contributed by atoms with Crippen LogP contribution in [-0.4, -0.2) is 42.2 Å². The highest BCUT2D eigenvalue weighted by atomic mass is 32.2. The number of rotatable bonds is 9. The predicted octanol–water partition coefficient (Wildman–Crippen LogP) is 3.88. The molecule has 1 aliphatic rings. The maximum Gasteiger partial charge on any atom is 0.266 e. The summed E-state index contributed by atoms with van der Waals surface area (Å²) in [7, 11) is 1.59. The van der Waals surface area contributed by atoms with E-state index in [9.17, 15) is 14.7 Å². The van der Waals surface area contributed by atoms with Gasteiger partial charge in [0, 0.05) is 12.7 Å². The molecule has 1 amide bonds. The minimum absolute atomic E-state index is 0.0934. The molecule has 4 rings (SSSR count). The summed E-state index contributed by atoms with van der Waals surface area (Å²) in [5.74, 6) is -0.818. The number of methoxy groups -OCH3 is 1. The van der Waals surface area contributed by atoms with Crippen molar-refractivity contribution in [1.82, 2.24) is 4.90 Å². The quantitative estimate of drug-likeness (QED) is 0.426. The van der Waals surface area contributed by atoms with Crippen LogP contribution in [0, 0.1) is 0 Å². The molecule has 0 unspecified atom stereocenters. The molecule has 0 N–H and O–H groups in total. The van der Waals surface area contributed by atoms with E-state index in [1.807, 2.05) is 48.5 Å². The van der Waals surface area contributed by atoms with Crippen molar-refractivity contribution in [3.05, 3.63) is 100 Å². The summed E-state index contributed by atoms with van der Waals surface area (Å²) in [6, 6.07) is 23.3. The topological polar surface area (TPSA) is 91.3 Å². The van der Waals surface area contributed by atoms with Gasteiger partial charge in [-0.1, -0.05) is 54.6 Å². The second-order valence-corrected chi connectivity index (χ2v) is 8.61. The average molecular weight is 488 g/mol. The number of amides is 1. The molecule has 1 aliphatic heterocycles. The van der Waals surface area contributed by atoms with Crippen molar-refractivity contribution in [2.75, 3.05) is 20.3 Å². The number of aromatic carboxylic acids is 1.